The second-order valence-corrected chi connectivity index (χ2v) is 9.19. The predicted octanol–water partition coefficient (Wildman–Crippen LogP) is 3.29. The number of fused-ring (bicyclic) bond motifs is 3. The Balaban J connectivity index is 1.34. The SMILES string of the molecule is CC1(NCC(O)c2ccc(O)c3[nH]c(=O)ccc23)Cc2cc3c(cc2C1)CCCC3. The van der Waals surface area contributed by atoms with Crippen molar-refractivity contribution < 1.29 is 10.2 Å². The summed E-state index contributed by atoms with van der Waals surface area (Å²) in [6.45, 7) is 2.63. The third kappa shape index (κ3) is 3.42. The van der Waals surface area contributed by atoms with Crippen molar-refractivity contribution in [3.8, 4) is 5.75 Å². The molecule has 0 saturated heterocycles. The van der Waals surface area contributed by atoms with Crippen LogP contribution in [0.2, 0.25) is 0 Å². The number of aliphatic hydroxyl groups excluding tert-OH is 1. The number of H-pyrrole nitrogens is 1. The highest BCUT2D eigenvalue weighted by Crippen LogP contribution is 2.35. The standard InChI is InChI=1S/C25H28N2O3/c1-25(12-17-10-15-4-2-3-5-16(15)11-18(17)13-25)26-14-22(29)19-6-8-21(28)24-20(19)7-9-23(30)27-24/h6-11,22,26,28-29H,2-5,12-14H2,1H3,(H,27,30). The summed E-state index contributed by atoms with van der Waals surface area (Å²) in [5.74, 6) is 0.00813. The number of pyridine rings is 1. The van der Waals surface area contributed by atoms with Crippen molar-refractivity contribution in [1.82, 2.24) is 10.3 Å². The molecule has 0 amide bonds. The molecule has 1 heterocycles. The monoisotopic (exact) mass is 404 g/mol. The van der Waals surface area contributed by atoms with Crippen molar-refractivity contribution in [3.63, 3.8) is 0 Å². The number of hydrogen-bond acceptors (Lipinski definition) is 4. The average Bonchev–Trinajstić information content (AvgIpc) is 3.06. The Morgan fingerprint density at radius 1 is 1.03 bits per heavy atom. The zero-order valence-electron chi connectivity index (χ0n) is 17.3. The summed E-state index contributed by atoms with van der Waals surface area (Å²) < 4.78 is 0. The number of aromatic amines is 1. The van der Waals surface area contributed by atoms with E-state index in [9.17, 15) is 15.0 Å². The lowest BCUT2D eigenvalue weighted by atomic mass is 9.89. The van der Waals surface area contributed by atoms with Gasteiger partial charge in [-0.05, 0) is 85.4 Å². The van der Waals surface area contributed by atoms with E-state index in [1.165, 1.54) is 60.1 Å². The van der Waals surface area contributed by atoms with E-state index < -0.39 is 6.10 Å². The van der Waals surface area contributed by atoms with Gasteiger partial charge in [-0.15, -0.1) is 0 Å². The summed E-state index contributed by atoms with van der Waals surface area (Å²) in [4.78, 5) is 14.3. The van der Waals surface area contributed by atoms with Gasteiger partial charge in [0.25, 0.3) is 0 Å². The Labute approximate surface area is 175 Å². The minimum atomic E-state index is -0.743. The lowest BCUT2D eigenvalue weighted by molar-refractivity contribution is 0.161. The normalized spacial score (nSPS) is 18.2. The van der Waals surface area contributed by atoms with Gasteiger partial charge in [-0.3, -0.25) is 4.79 Å². The number of aromatic hydroxyl groups is 1. The lowest BCUT2D eigenvalue weighted by Crippen LogP contribution is -2.45. The largest absolute Gasteiger partial charge is 0.506 e. The molecule has 2 aliphatic rings. The molecule has 30 heavy (non-hydrogen) atoms. The molecule has 0 radical (unpaired) electrons. The summed E-state index contributed by atoms with van der Waals surface area (Å²) in [6.07, 6.45) is 6.16. The van der Waals surface area contributed by atoms with Gasteiger partial charge in [0.05, 0.1) is 11.6 Å². The van der Waals surface area contributed by atoms with Gasteiger partial charge in [-0.25, -0.2) is 0 Å². The second-order valence-electron chi connectivity index (χ2n) is 9.19. The number of aliphatic hydroxyl groups is 1. The predicted molar refractivity (Wildman–Crippen MR) is 118 cm³/mol. The number of hydrogen-bond donors (Lipinski definition) is 4. The molecule has 0 bridgehead atoms. The van der Waals surface area contributed by atoms with Gasteiger partial charge < -0.3 is 20.5 Å². The quantitative estimate of drug-likeness (QED) is 0.538. The number of phenols is 1. The molecule has 156 valence electrons. The molecule has 5 nitrogen and oxygen atoms in total. The molecule has 1 aromatic heterocycles. The lowest BCUT2D eigenvalue weighted by Gasteiger charge is -2.27. The van der Waals surface area contributed by atoms with E-state index in [1.54, 1.807) is 12.1 Å². The molecule has 0 spiro atoms. The summed E-state index contributed by atoms with van der Waals surface area (Å²) >= 11 is 0. The van der Waals surface area contributed by atoms with Crippen LogP contribution >= 0.6 is 0 Å². The first-order valence-corrected chi connectivity index (χ1v) is 10.8. The summed E-state index contributed by atoms with van der Waals surface area (Å²) in [6, 6.07) is 11.1. The van der Waals surface area contributed by atoms with Crippen LogP contribution in [0.1, 0.15) is 53.7 Å². The third-order valence-electron chi connectivity index (χ3n) is 6.81. The maximum atomic E-state index is 11.6. The minimum Gasteiger partial charge on any atom is -0.506 e. The molecule has 4 N–H and O–H groups in total. The molecule has 0 aliphatic heterocycles. The number of phenolic OH excluding ortho intramolecular Hbond substituents is 1. The van der Waals surface area contributed by atoms with Gasteiger partial charge in [0.15, 0.2) is 0 Å². The first-order chi connectivity index (χ1) is 14.4. The van der Waals surface area contributed by atoms with E-state index in [0.717, 1.165) is 12.8 Å². The van der Waals surface area contributed by atoms with E-state index in [2.05, 4.69) is 29.4 Å². The van der Waals surface area contributed by atoms with Gasteiger partial charge in [-0.2, -0.15) is 0 Å². The Kier molecular flexibility index (Phi) is 4.68. The highest BCUT2D eigenvalue weighted by molar-refractivity contribution is 5.87. The van der Waals surface area contributed by atoms with Gasteiger partial charge >= 0.3 is 0 Å². The second kappa shape index (κ2) is 7.25. The maximum Gasteiger partial charge on any atom is 0.248 e. The molecule has 0 saturated carbocycles. The highest BCUT2D eigenvalue weighted by atomic mass is 16.3. The first-order valence-electron chi connectivity index (χ1n) is 10.8. The fraction of sp³-hybridized carbons (Fsp3) is 0.400. The molecule has 2 aliphatic carbocycles. The van der Waals surface area contributed by atoms with Crippen molar-refractivity contribution in [2.45, 2.75) is 57.1 Å². The van der Waals surface area contributed by atoms with E-state index in [-0.39, 0.29) is 16.8 Å². The minimum absolute atomic E-state index is 0.00813. The maximum absolute atomic E-state index is 11.6. The average molecular weight is 405 g/mol. The smallest absolute Gasteiger partial charge is 0.248 e. The molecule has 2 aromatic carbocycles. The van der Waals surface area contributed by atoms with Crippen LogP contribution in [0.4, 0.5) is 0 Å². The van der Waals surface area contributed by atoms with Crippen LogP contribution in [0.25, 0.3) is 10.9 Å². The van der Waals surface area contributed by atoms with Gasteiger partial charge in [0, 0.05) is 23.5 Å². The van der Waals surface area contributed by atoms with Crippen LogP contribution in [0.5, 0.6) is 5.75 Å². The Hall–Kier alpha value is -2.63. The topological polar surface area (TPSA) is 85.3 Å². The Morgan fingerprint density at radius 3 is 2.37 bits per heavy atom. The van der Waals surface area contributed by atoms with Crippen molar-refractivity contribution in [2.75, 3.05) is 6.54 Å². The van der Waals surface area contributed by atoms with Crippen molar-refractivity contribution in [2.24, 2.45) is 0 Å². The van der Waals surface area contributed by atoms with Gasteiger partial charge in [0.1, 0.15) is 5.75 Å². The third-order valence-corrected chi connectivity index (χ3v) is 6.81. The molecular weight excluding hydrogens is 376 g/mol. The molecule has 5 rings (SSSR count). The van der Waals surface area contributed by atoms with E-state index in [1.807, 2.05) is 0 Å². The number of β-amino-alcohol motifs (C(OH)–C–C–N with tert-alkyl or cyclic N) is 1. The van der Waals surface area contributed by atoms with Crippen LogP contribution in [-0.2, 0) is 25.7 Å². The van der Waals surface area contributed by atoms with Crippen LogP contribution in [-0.4, -0.2) is 27.3 Å². The van der Waals surface area contributed by atoms with Crippen molar-refractivity contribution in [3.05, 3.63) is 74.6 Å². The van der Waals surface area contributed by atoms with E-state index in [0.29, 0.717) is 23.0 Å². The zero-order valence-corrected chi connectivity index (χ0v) is 17.3. The van der Waals surface area contributed by atoms with Crippen LogP contribution in [0.15, 0.2) is 41.2 Å². The molecule has 5 heteroatoms. The van der Waals surface area contributed by atoms with Crippen LogP contribution in [0, 0.1) is 0 Å². The fourth-order valence-electron chi connectivity index (χ4n) is 5.25. The van der Waals surface area contributed by atoms with Crippen LogP contribution < -0.4 is 10.9 Å². The summed E-state index contributed by atoms with van der Waals surface area (Å²) in [5.41, 5.74) is 6.61. The Bertz CT molecular complexity index is 1150. The number of nitrogens with one attached hydrogen (secondary N) is 2. The van der Waals surface area contributed by atoms with E-state index >= 15 is 0 Å². The molecular formula is C25H28N2O3. The summed E-state index contributed by atoms with van der Waals surface area (Å²) in [7, 11) is 0. The highest BCUT2D eigenvalue weighted by Gasteiger charge is 2.34. The molecule has 0 fully saturated rings. The van der Waals surface area contributed by atoms with Crippen molar-refractivity contribution >= 4 is 10.9 Å². The number of rotatable bonds is 4. The van der Waals surface area contributed by atoms with Gasteiger partial charge in [0.2, 0.25) is 5.56 Å². The number of aryl methyl sites for hydroxylation is 2. The molecule has 1 unspecified atom stereocenters. The van der Waals surface area contributed by atoms with E-state index in [4.69, 9.17) is 0 Å². The fourth-order valence-corrected chi connectivity index (χ4v) is 5.25. The molecule has 3 aromatic rings. The van der Waals surface area contributed by atoms with Gasteiger partial charge in [-0.1, -0.05) is 18.2 Å². The number of benzene rings is 2. The summed E-state index contributed by atoms with van der Waals surface area (Å²) in [5, 5.41) is 25.2. The van der Waals surface area contributed by atoms with Crippen LogP contribution in [0.3, 0.4) is 0 Å². The first kappa shape index (κ1) is 19.3. The molecule has 1 atom stereocenters. The Morgan fingerprint density at radius 2 is 1.70 bits per heavy atom. The number of aromatic nitrogens is 1. The van der Waals surface area contributed by atoms with Crippen molar-refractivity contribution in [1.29, 1.82) is 0 Å². The zero-order chi connectivity index (χ0) is 20.9.